The van der Waals surface area contributed by atoms with Gasteiger partial charge in [-0.25, -0.2) is 0 Å². The number of ether oxygens (including phenoxy) is 2. The fourth-order valence-corrected chi connectivity index (χ4v) is 3.09. The van der Waals surface area contributed by atoms with E-state index in [1.165, 1.54) is 64.2 Å². The molecule has 1 saturated heterocycles. The second-order valence-corrected chi connectivity index (χ2v) is 6.29. The maximum absolute atomic E-state index is 5.96. The van der Waals surface area contributed by atoms with Gasteiger partial charge >= 0.3 is 0 Å². The Labute approximate surface area is 132 Å². The van der Waals surface area contributed by atoms with E-state index in [2.05, 4.69) is 26.0 Å². The van der Waals surface area contributed by atoms with Gasteiger partial charge in [0, 0.05) is 12.8 Å². The zero-order valence-electron chi connectivity index (χ0n) is 14.4. The van der Waals surface area contributed by atoms with E-state index in [-0.39, 0.29) is 5.79 Å². The summed E-state index contributed by atoms with van der Waals surface area (Å²) in [6.45, 7) is 5.94. The molecular weight excluding hydrogens is 260 g/mol. The molecule has 0 amide bonds. The van der Waals surface area contributed by atoms with Crippen LogP contribution in [0, 0.1) is 0 Å². The molecule has 124 valence electrons. The topological polar surface area (TPSA) is 18.5 Å². The Kier molecular flexibility index (Phi) is 10.9. The van der Waals surface area contributed by atoms with E-state index < -0.39 is 0 Å². The van der Waals surface area contributed by atoms with Crippen molar-refractivity contribution < 1.29 is 9.47 Å². The molecular formula is C19H36O2. The van der Waals surface area contributed by atoms with Crippen LogP contribution < -0.4 is 0 Å². The molecule has 0 aromatic heterocycles. The van der Waals surface area contributed by atoms with E-state index in [4.69, 9.17) is 9.47 Å². The number of allylic oxidation sites excluding steroid dienone is 2. The molecule has 0 atom stereocenters. The minimum Gasteiger partial charge on any atom is -0.348 e. The van der Waals surface area contributed by atoms with Crippen molar-refractivity contribution in [3.05, 3.63) is 12.2 Å². The maximum Gasteiger partial charge on any atom is 0.168 e. The van der Waals surface area contributed by atoms with Crippen LogP contribution in [0.25, 0.3) is 0 Å². The van der Waals surface area contributed by atoms with Crippen molar-refractivity contribution in [2.24, 2.45) is 0 Å². The summed E-state index contributed by atoms with van der Waals surface area (Å²) in [5, 5.41) is 0. The van der Waals surface area contributed by atoms with Gasteiger partial charge < -0.3 is 9.47 Å². The molecule has 1 heterocycles. The summed E-state index contributed by atoms with van der Waals surface area (Å²) in [4.78, 5) is 0. The summed E-state index contributed by atoms with van der Waals surface area (Å²) in [5.74, 6) is -0.227. The third-order valence-corrected chi connectivity index (χ3v) is 4.39. The average Bonchev–Trinajstić information content (AvgIpc) is 2.95. The molecule has 0 bridgehead atoms. The highest BCUT2D eigenvalue weighted by atomic mass is 16.7. The molecule has 0 aromatic rings. The predicted molar refractivity (Wildman–Crippen MR) is 90.5 cm³/mol. The minimum atomic E-state index is -0.227. The number of hydrogen-bond acceptors (Lipinski definition) is 2. The van der Waals surface area contributed by atoms with Crippen LogP contribution in [0.4, 0.5) is 0 Å². The highest BCUT2D eigenvalue weighted by Crippen LogP contribution is 2.31. The Hall–Kier alpha value is -0.340. The maximum atomic E-state index is 5.96. The zero-order chi connectivity index (χ0) is 15.2. The lowest BCUT2D eigenvalue weighted by Crippen LogP contribution is -2.30. The lowest BCUT2D eigenvalue weighted by Gasteiger charge is -2.27. The van der Waals surface area contributed by atoms with Crippen LogP contribution in [0.3, 0.4) is 0 Å². The molecule has 21 heavy (non-hydrogen) atoms. The highest BCUT2D eigenvalue weighted by Gasteiger charge is 2.34. The van der Waals surface area contributed by atoms with Gasteiger partial charge in [0.1, 0.15) is 0 Å². The Balaban J connectivity index is 2.10. The Morgan fingerprint density at radius 1 is 0.810 bits per heavy atom. The van der Waals surface area contributed by atoms with E-state index >= 15 is 0 Å². The molecule has 0 aromatic carbocycles. The van der Waals surface area contributed by atoms with Crippen molar-refractivity contribution in [2.75, 3.05) is 13.2 Å². The van der Waals surface area contributed by atoms with Gasteiger partial charge in [0.2, 0.25) is 0 Å². The summed E-state index contributed by atoms with van der Waals surface area (Å²) < 4.78 is 11.9. The van der Waals surface area contributed by atoms with Crippen LogP contribution in [0.2, 0.25) is 0 Å². The van der Waals surface area contributed by atoms with Gasteiger partial charge in [-0.1, -0.05) is 57.6 Å². The molecule has 0 radical (unpaired) electrons. The zero-order valence-corrected chi connectivity index (χ0v) is 14.4. The molecule has 2 nitrogen and oxygen atoms in total. The fourth-order valence-electron chi connectivity index (χ4n) is 3.09. The van der Waals surface area contributed by atoms with Crippen molar-refractivity contribution in [3.8, 4) is 0 Å². The van der Waals surface area contributed by atoms with Crippen LogP contribution in [-0.4, -0.2) is 19.0 Å². The first-order valence-electron chi connectivity index (χ1n) is 9.22. The van der Waals surface area contributed by atoms with Crippen molar-refractivity contribution in [3.63, 3.8) is 0 Å². The van der Waals surface area contributed by atoms with E-state index in [1.807, 2.05) is 0 Å². The quantitative estimate of drug-likeness (QED) is 0.306. The third-order valence-electron chi connectivity index (χ3n) is 4.39. The van der Waals surface area contributed by atoms with Crippen molar-refractivity contribution in [2.45, 2.75) is 96.7 Å². The molecule has 0 saturated carbocycles. The number of unbranched alkanes of at least 4 members (excludes halogenated alkanes) is 8. The third kappa shape index (κ3) is 8.63. The summed E-state index contributed by atoms with van der Waals surface area (Å²) in [6, 6.07) is 0. The van der Waals surface area contributed by atoms with Gasteiger partial charge in [0.15, 0.2) is 5.79 Å². The fraction of sp³-hybridized carbons (Fsp3) is 0.895. The molecule has 0 unspecified atom stereocenters. The molecule has 0 N–H and O–H groups in total. The lowest BCUT2D eigenvalue weighted by molar-refractivity contribution is -0.168. The molecule has 1 rings (SSSR count). The number of hydrogen-bond donors (Lipinski definition) is 0. The van der Waals surface area contributed by atoms with E-state index in [1.54, 1.807) is 0 Å². The summed E-state index contributed by atoms with van der Waals surface area (Å²) >= 11 is 0. The van der Waals surface area contributed by atoms with E-state index in [0.717, 1.165) is 26.1 Å². The minimum absolute atomic E-state index is 0.227. The van der Waals surface area contributed by atoms with Gasteiger partial charge in [0.25, 0.3) is 0 Å². The molecule has 0 spiro atoms. The molecule has 1 aliphatic heterocycles. The summed E-state index contributed by atoms with van der Waals surface area (Å²) in [5.41, 5.74) is 0. The largest absolute Gasteiger partial charge is 0.348 e. The lowest BCUT2D eigenvalue weighted by atomic mass is 9.99. The Bertz CT molecular complexity index is 254. The smallest absolute Gasteiger partial charge is 0.168 e. The van der Waals surface area contributed by atoms with Crippen molar-refractivity contribution in [1.82, 2.24) is 0 Å². The van der Waals surface area contributed by atoms with Gasteiger partial charge in [-0.05, 0) is 32.6 Å². The van der Waals surface area contributed by atoms with Gasteiger partial charge in [-0.3, -0.25) is 0 Å². The summed E-state index contributed by atoms with van der Waals surface area (Å²) in [6.07, 6.45) is 19.6. The van der Waals surface area contributed by atoms with E-state index in [9.17, 15) is 0 Å². The van der Waals surface area contributed by atoms with Crippen LogP contribution in [0.5, 0.6) is 0 Å². The van der Waals surface area contributed by atoms with Crippen LogP contribution in [-0.2, 0) is 9.47 Å². The molecule has 1 fully saturated rings. The molecule has 1 aliphatic rings. The second kappa shape index (κ2) is 12.2. The van der Waals surface area contributed by atoms with Crippen LogP contribution >= 0.6 is 0 Å². The van der Waals surface area contributed by atoms with E-state index in [0.29, 0.717) is 0 Å². The van der Waals surface area contributed by atoms with Gasteiger partial charge in [-0.2, -0.15) is 0 Å². The van der Waals surface area contributed by atoms with Crippen LogP contribution in [0.15, 0.2) is 12.2 Å². The van der Waals surface area contributed by atoms with Crippen molar-refractivity contribution in [1.29, 1.82) is 0 Å². The number of rotatable bonds is 13. The first kappa shape index (κ1) is 18.7. The SMILES string of the molecule is C/C=C/CCCCCCC1(CCCCCCC)OCCO1. The first-order chi connectivity index (χ1) is 10.3. The van der Waals surface area contributed by atoms with Gasteiger partial charge in [-0.15, -0.1) is 0 Å². The predicted octanol–water partition coefficient (Wildman–Crippen LogP) is 6.01. The van der Waals surface area contributed by atoms with Crippen molar-refractivity contribution >= 4 is 0 Å². The Morgan fingerprint density at radius 3 is 1.95 bits per heavy atom. The Morgan fingerprint density at radius 2 is 1.38 bits per heavy atom. The standard InChI is InChI=1S/C19H36O2/c1-3-5-7-9-10-12-14-16-19(20-17-18-21-19)15-13-11-8-6-4-2/h3,5H,4,6-18H2,1-2H3/b5-3+. The monoisotopic (exact) mass is 296 g/mol. The highest BCUT2D eigenvalue weighted by molar-refractivity contribution is 4.77. The second-order valence-electron chi connectivity index (χ2n) is 6.29. The van der Waals surface area contributed by atoms with Gasteiger partial charge in [0.05, 0.1) is 13.2 Å². The average molecular weight is 296 g/mol. The van der Waals surface area contributed by atoms with Crippen LogP contribution in [0.1, 0.15) is 90.9 Å². The molecule has 0 aliphatic carbocycles. The first-order valence-corrected chi connectivity index (χ1v) is 9.22. The summed E-state index contributed by atoms with van der Waals surface area (Å²) in [7, 11) is 0. The molecule has 2 heteroatoms. The normalized spacial score (nSPS) is 17.8.